The van der Waals surface area contributed by atoms with Crippen LogP contribution < -0.4 is 0 Å². The molecule has 2 rings (SSSR count). The summed E-state index contributed by atoms with van der Waals surface area (Å²) in [5, 5.41) is 8.76. The van der Waals surface area contributed by atoms with Crippen LogP contribution in [0.1, 0.15) is 17.2 Å². The molecule has 1 aromatic rings. The van der Waals surface area contributed by atoms with Gasteiger partial charge in [0.1, 0.15) is 0 Å². The van der Waals surface area contributed by atoms with Gasteiger partial charge >= 0.3 is 5.97 Å². The second kappa shape index (κ2) is 4.49. The van der Waals surface area contributed by atoms with Crippen molar-refractivity contribution in [2.45, 2.75) is 11.7 Å². The van der Waals surface area contributed by atoms with Crippen LogP contribution in [0.4, 0.5) is 5.69 Å². The average Bonchev–Trinajstić information content (AvgIpc) is 2.62. The smallest absolute Gasteiger partial charge is 0.304 e. The molecule has 0 aliphatic carbocycles. The number of hydrogen-bond donors (Lipinski definition) is 1. The van der Waals surface area contributed by atoms with E-state index in [0.29, 0.717) is 5.75 Å². The van der Waals surface area contributed by atoms with Crippen LogP contribution in [0.15, 0.2) is 29.3 Å². The van der Waals surface area contributed by atoms with Crippen LogP contribution in [-0.2, 0) is 4.79 Å². The molecule has 0 radical (unpaired) electrons. The maximum Gasteiger partial charge on any atom is 0.304 e. The highest BCUT2D eigenvalue weighted by atomic mass is 32.2. The summed E-state index contributed by atoms with van der Waals surface area (Å²) in [6.45, 7) is 0. The van der Waals surface area contributed by atoms with E-state index >= 15 is 0 Å². The number of carboxylic acids is 1. The van der Waals surface area contributed by atoms with Crippen molar-refractivity contribution < 1.29 is 9.90 Å². The van der Waals surface area contributed by atoms with Crippen LogP contribution in [-0.4, -0.2) is 23.0 Å². The monoisotopic (exact) mass is 221 g/mol. The van der Waals surface area contributed by atoms with Crippen molar-refractivity contribution in [3.05, 3.63) is 29.8 Å². The molecule has 0 amide bonds. The first-order chi connectivity index (χ1) is 7.27. The maximum atomic E-state index is 10.4. The topological polar surface area (TPSA) is 49.7 Å². The first-order valence-corrected chi connectivity index (χ1v) is 5.79. The summed E-state index contributed by atoms with van der Waals surface area (Å²) in [7, 11) is 0. The van der Waals surface area contributed by atoms with Crippen molar-refractivity contribution >= 4 is 29.6 Å². The Bertz CT molecular complexity index is 403. The first kappa shape index (κ1) is 10.2. The van der Waals surface area contributed by atoms with Gasteiger partial charge in [0.2, 0.25) is 0 Å². The third-order valence-electron chi connectivity index (χ3n) is 2.21. The zero-order valence-corrected chi connectivity index (χ0v) is 8.91. The number of benzene rings is 1. The molecule has 1 N–H and O–H groups in total. The molecule has 0 unspecified atom stereocenters. The number of aliphatic carboxylic acids is 1. The predicted octanol–water partition coefficient (Wildman–Crippen LogP) is 2.65. The van der Waals surface area contributed by atoms with E-state index in [0.717, 1.165) is 5.69 Å². The van der Waals surface area contributed by atoms with Crippen LogP contribution in [0.5, 0.6) is 0 Å². The Labute approximate surface area is 92.2 Å². The number of thioether (sulfide) groups is 1. The zero-order chi connectivity index (χ0) is 10.7. The van der Waals surface area contributed by atoms with Gasteiger partial charge < -0.3 is 5.11 Å². The molecule has 0 aromatic heterocycles. The van der Waals surface area contributed by atoms with E-state index in [1.807, 2.05) is 30.5 Å². The molecule has 0 spiro atoms. The largest absolute Gasteiger partial charge is 0.481 e. The number of rotatable bonds is 4. The van der Waals surface area contributed by atoms with Gasteiger partial charge in [-0.05, 0) is 11.6 Å². The van der Waals surface area contributed by atoms with Gasteiger partial charge in [-0.3, -0.25) is 9.79 Å². The molecule has 0 fully saturated rings. The third-order valence-corrected chi connectivity index (χ3v) is 3.38. The van der Waals surface area contributed by atoms with Crippen LogP contribution in [0, 0.1) is 0 Å². The number of fused-ring (bicyclic) bond motifs is 1. The molecule has 0 saturated heterocycles. The Morgan fingerprint density at radius 1 is 1.47 bits per heavy atom. The molecule has 1 heterocycles. The van der Waals surface area contributed by atoms with Crippen molar-refractivity contribution in [1.29, 1.82) is 0 Å². The minimum Gasteiger partial charge on any atom is -0.481 e. The lowest BCUT2D eigenvalue weighted by molar-refractivity contribution is -0.136. The van der Waals surface area contributed by atoms with Crippen LogP contribution >= 0.6 is 11.8 Å². The molecule has 1 aliphatic rings. The van der Waals surface area contributed by atoms with Gasteiger partial charge in [-0.1, -0.05) is 18.2 Å². The Morgan fingerprint density at radius 2 is 2.27 bits per heavy atom. The lowest BCUT2D eigenvalue weighted by Crippen LogP contribution is -1.99. The summed E-state index contributed by atoms with van der Waals surface area (Å²) in [6, 6.07) is 7.96. The summed E-state index contributed by atoms with van der Waals surface area (Å²) in [4.78, 5) is 14.7. The lowest BCUT2D eigenvalue weighted by Gasteiger charge is -2.07. The summed E-state index contributed by atoms with van der Waals surface area (Å²) >= 11 is 1.62. The quantitative estimate of drug-likeness (QED) is 0.850. The molecular formula is C11H11NO2S. The van der Waals surface area contributed by atoms with E-state index in [9.17, 15) is 4.79 Å². The highest BCUT2D eigenvalue weighted by molar-refractivity contribution is 8.00. The van der Waals surface area contributed by atoms with Crippen molar-refractivity contribution in [3.63, 3.8) is 0 Å². The zero-order valence-electron chi connectivity index (χ0n) is 8.09. The summed E-state index contributed by atoms with van der Waals surface area (Å²) in [5.41, 5.74) is 2.19. The number of carboxylic acid groups (broad SMARTS) is 1. The third kappa shape index (κ3) is 2.39. The molecule has 1 aromatic carbocycles. The van der Waals surface area contributed by atoms with E-state index in [2.05, 4.69) is 4.99 Å². The normalized spacial score (nSPS) is 17.7. The minimum atomic E-state index is -0.745. The van der Waals surface area contributed by atoms with E-state index in [1.165, 1.54) is 5.56 Å². The predicted molar refractivity (Wildman–Crippen MR) is 62.0 cm³/mol. The SMILES string of the molecule is O=C(O)CCS[C@@H]1C=Nc2ccccc21. The van der Waals surface area contributed by atoms with E-state index in [4.69, 9.17) is 5.11 Å². The molecule has 78 valence electrons. The number of hydrogen-bond acceptors (Lipinski definition) is 3. The molecule has 3 nitrogen and oxygen atoms in total. The van der Waals surface area contributed by atoms with Crippen LogP contribution in [0.2, 0.25) is 0 Å². The van der Waals surface area contributed by atoms with Gasteiger partial charge in [0.25, 0.3) is 0 Å². The van der Waals surface area contributed by atoms with Crippen molar-refractivity contribution in [2.75, 3.05) is 5.75 Å². The van der Waals surface area contributed by atoms with Gasteiger partial charge in [-0.25, -0.2) is 0 Å². The number of para-hydroxylation sites is 1. The van der Waals surface area contributed by atoms with Crippen molar-refractivity contribution in [3.8, 4) is 0 Å². The molecule has 1 aliphatic heterocycles. The van der Waals surface area contributed by atoms with Crippen LogP contribution in [0.25, 0.3) is 0 Å². The van der Waals surface area contributed by atoms with Gasteiger partial charge in [-0.15, -0.1) is 11.8 Å². The maximum absolute atomic E-state index is 10.4. The first-order valence-electron chi connectivity index (χ1n) is 4.74. The molecule has 15 heavy (non-hydrogen) atoms. The molecule has 0 saturated carbocycles. The molecule has 0 bridgehead atoms. The number of carbonyl (C=O) groups is 1. The fourth-order valence-corrected chi connectivity index (χ4v) is 2.55. The molecule has 1 atom stereocenters. The highest BCUT2D eigenvalue weighted by Gasteiger charge is 2.18. The standard InChI is InChI=1S/C11H11NO2S/c13-11(14)5-6-15-10-7-12-9-4-2-1-3-8(9)10/h1-4,7,10H,5-6H2,(H,13,14)/t10-/m1/s1. The second-order valence-electron chi connectivity index (χ2n) is 3.27. The molecule has 4 heteroatoms. The second-order valence-corrected chi connectivity index (χ2v) is 4.52. The molecular weight excluding hydrogens is 210 g/mol. The Hall–Kier alpha value is -1.29. The lowest BCUT2D eigenvalue weighted by atomic mass is 10.1. The van der Waals surface area contributed by atoms with Gasteiger partial charge in [0, 0.05) is 12.0 Å². The van der Waals surface area contributed by atoms with Gasteiger partial charge in [0.15, 0.2) is 0 Å². The fraction of sp³-hybridized carbons (Fsp3) is 0.273. The Kier molecular flexibility index (Phi) is 3.06. The number of aliphatic imine (C=N–C) groups is 1. The van der Waals surface area contributed by atoms with Gasteiger partial charge in [-0.2, -0.15) is 0 Å². The van der Waals surface area contributed by atoms with E-state index < -0.39 is 5.97 Å². The Balaban J connectivity index is 1.96. The van der Waals surface area contributed by atoms with Gasteiger partial charge in [0.05, 0.1) is 17.4 Å². The Morgan fingerprint density at radius 3 is 3.07 bits per heavy atom. The minimum absolute atomic E-state index is 0.206. The number of nitrogens with zero attached hydrogens (tertiary/aromatic N) is 1. The van der Waals surface area contributed by atoms with E-state index in [-0.39, 0.29) is 11.7 Å². The fourth-order valence-electron chi connectivity index (χ4n) is 1.48. The van der Waals surface area contributed by atoms with Crippen LogP contribution in [0.3, 0.4) is 0 Å². The van der Waals surface area contributed by atoms with E-state index in [1.54, 1.807) is 11.8 Å². The highest BCUT2D eigenvalue weighted by Crippen LogP contribution is 2.38. The average molecular weight is 221 g/mol. The van der Waals surface area contributed by atoms with Crippen molar-refractivity contribution in [1.82, 2.24) is 0 Å². The summed E-state index contributed by atoms with van der Waals surface area (Å²) in [5.74, 6) is -0.119. The van der Waals surface area contributed by atoms with Crippen molar-refractivity contribution in [2.24, 2.45) is 4.99 Å². The summed E-state index contributed by atoms with van der Waals surface area (Å²) in [6.07, 6.45) is 2.09. The summed E-state index contributed by atoms with van der Waals surface area (Å²) < 4.78 is 0.